The maximum Gasteiger partial charge on any atom is 0.291 e. The topological polar surface area (TPSA) is 50.7 Å². The number of hydrogen-bond acceptors (Lipinski definition) is 3. The van der Waals surface area contributed by atoms with E-state index >= 15 is 0 Å². The van der Waals surface area contributed by atoms with Gasteiger partial charge in [-0.2, -0.15) is 0 Å². The van der Waals surface area contributed by atoms with Crippen LogP contribution in [-0.2, 0) is 4.74 Å². The molecule has 0 unspecified atom stereocenters. The molecule has 1 N–H and O–H groups in total. The van der Waals surface area contributed by atoms with E-state index in [-0.39, 0.29) is 5.91 Å². The van der Waals surface area contributed by atoms with Crippen molar-refractivity contribution >= 4 is 11.9 Å². The predicted octanol–water partition coefficient (Wildman–Crippen LogP) is 2.14. The highest BCUT2D eigenvalue weighted by Gasteiger charge is 2.21. The largest absolute Gasteiger partial charge is 0.468 e. The zero-order valence-corrected chi connectivity index (χ0v) is 10.8. The first-order chi connectivity index (χ1) is 8.70. The van der Waals surface area contributed by atoms with E-state index in [2.05, 4.69) is 10.3 Å². The van der Waals surface area contributed by atoms with Crippen molar-refractivity contribution in [3.8, 4) is 0 Å². The Balaban J connectivity index is 2.00. The van der Waals surface area contributed by atoms with Crippen LogP contribution < -0.4 is 5.32 Å². The quantitative estimate of drug-likeness (QED) is 0.656. The van der Waals surface area contributed by atoms with Crippen molar-refractivity contribution in [3.63, 3.8) is 0 Å². The minimum atomic E-state index is -0.176. The summed E-state index contributed by atoms with van der Waals surface area (Å²) in [5.41, 5.74) is 1.58. The lowest BCUT2D eigenvalue weighted by atomic mass is 10.1. The van der Waals surface area contributed by atoms with Crippen molar-refractivity contribution in [2.75, 3.05) is 13.7 Å². The van der Waals surface area contributed by atoms with E-state index in [9.17, 15) is 4.79 Å². The average molecular weight is 246 g/mol. The molecule has 1 aromatic carbocycles. The third-order valence-electron chi connectivity index (χ3n) is 2.99. The molecule has 96 valence electrons. The number of aliphatic imine (C=N–C) groups is 1. The van der Waals surface area contributed by atoms with Crippen molar-refractivity contribution in [1.82, 2.24) is 5.32 Å². The number of amides is 1. The van der Waals surface area contributed by atoms with Crippen LogP contribution in [-0.4, -0.2) is 25.6 Å². The van der Waals surface area contributed by atoms with Crippen LogP contribution in [0.5, 0.6) is 0 Å². The minimum Gasteiger partial charge on any atom is -0.468 e. The summed E-state index contributed by atoms with van der Waals surface area (Å²) in [6.45, 7) is 2.64. The fraction of sp³-hybridized carbons (Fsp3) is 0.429. The van der Waals surface area contributed by atoms with Crippen LogP contribution in [0, 0.1) is 12.8 Å². The summed E-state index contributed by atoms with van der Waals surface area (Å²) in [6, 6.07) is 7.75. The van der Waals surface area contributed by atoms with Gasteiger partial charge in [-0.15, -0.1) is 0 Å². The molecular weight excluding hydrogens is 228 g/mol. The van der Waals surface area contributed by atoms with Crippen molar-refractivity contribution in [2.45, 2.75) is 19.8 Å². The molecule has 1 amide bonds. The normalized spacial score (nSPS) is 15.3. The number of hydrogen-bond donors (Lipinski definition) is 1. The second kappa shape index (κ2) is 5.67. The van der Waals surface area contributed by atoms with Crippen molar-refractivity contribution in [3.05, 3.63) is 35.4 Å². The first kappa shape index (κ1) is 12.6. The number of benzene rings is 1. The predicted molar refractivity (Wildman–Crippen MR) is 70.7 cm³/mol. The van der Waals surface area contributed by atoms with Gasteiger partial charge in [-0.25, -0.2) is 4.99 Å². The smallest absolute Gasteiger partial charge is 0.291 e. The highest BCUT2D eigenvalue weighted by atomic mass is 16.5. The molecule has 0 saturated heterocycles. The zero-order valence-electron chi connectivity index (χ0n) is 10.8. The molecule has 0 bridgehead atoms. The summed E-state index contributed by atoms with van der Waals surface area (Å²) in [5.74, 6) is 0.495. The van der Waals surface area contributed by atoms with Gasteiger partial charge in [-0.1, -0.05) is 18.2 Å². The minimum absolute atomic E-state index is 0.176. The number of amidine groups is 1. The number of nitrogens with zero attached hydrogens (tertiary/aromatic N) is 1. The highest BCUT2D eigenvalue weighted by Crippen LogP contribution is 2.28. The second-order valence-corrected chi connectivity index (χ2v) is 4.56. The summed E-state index contributed by atoms with van der Waals surface area (Å²) in [5, 5.41) is 2.70. The van der Waals surface area contributed by atoms with Gasteiger partial charge in [0.15, 0.2) is 0 Å². The highest BCUT2D eigenvalue weighted by molar-refractivity contribution is 6.04. The van der Waals surface area contributed by atoms with Gasteiger partial charge in [0.05, 0.1) is 7.11 Å². The average Bonchev–Trinajstić information content (AvgIpc) is 3.18. The lowest BCUT2D eigenvalue weighted by Gasteiger charge is -2.08. The molecular formula is C14H18N2O2. The molecule has 1 saturated carbocycles. The SMILES string of the molecule is COC(=NCC1CC1)NC(=O)c1ccccc1C. The van der Waals surface area contributed by atoms with Crippen LogP contribution in [0.3, 0.4) is 0 Å². The fourth-order valence-electron chi connectivity index (χ4n) is 1.66. The van der Waals surface area contributed by atoms with E-state index in [4.69, 9.17) is 4.74 Å². The van der Waals surface area contributed by atoms with E-state index < -0.39 is 0 Å². The van der Waals surface area contributed by atoms with Gasteiger partial charge >= 0.3 is 0 Å². The first-order valence-electron chi connectivity index (χ1n) is 6.16. The van der Waals surface area contributed by atoms with Gasteiger partial charge in [0.2, 0.25) is 0 Å². The fourth-order valence-corrected chi connectivity index (χ4v) is 1.66. The molecule has 0 radical (unpaired) electrons. The molecule has 1 aliphatic carbocycles. The summed E-state index contributed by atoms with van der Waals surface area (Å²) >= 11 is 0. The van der Waals surface area contributed by atoms with Gasteiger partial charge in [0.25, 0.3) is 11.9 Å². The molecule has 4 nitrogen and oxygen atoms in total. The van der Waals surface area contributed by atoms with Gasteiger partial charge in [0, 0.05) is 12.1 Å². The lowest BCUT2D eigenvalue weighted by Crippen LogP contribution is -2.32. The number of carbonyl (C=O) groups excluding carboxylic acids is 1. The summed E-state index contributed by atoms with van der Waals surface area (Å²) in [7, 11) is 1.52. The molecule has 1 aliphatic rings. The summed E-state index contributed by atoms with van der Waals surface area (Å²) in [6.07, 6.45) is 2.46. The number of nitrogens with one attached hydrogen (secondary N) is 1. The Labute approximate surface area is 107 Å². The molecule has 4 heteroatoms. The van der Waals surface area contributed by atoms with Crippen LogP contribution >= 0.6 is 0 Å². The van der Waals surface area contributed by atoms with E-state index in [0.29, 0.717) is 17.5 Å². The Morgan fingerprint density at radius 2 is 2.17 bits per heavy atom. The van der Waals surface area contributed by atoms with Gasteiger partial charge in [-0.05, 0) is 37.3 Å². The number of aryl methyl sites for hydroxylation is 1. The van der Waals surface area contributed by atoms with Crippen LogP contribution in [0.1, 0.15) is 28.8 Å². The summed E-state index contributed by atoms with van der Waals surface area (Å²) < 4.78 is 5.08. The van der Waals surface area contributed by atoms with Crippen LogP contribution in [0.2, 0.25) is 0 Å². The maximum atomic E-state index is 12.0. The monoisotopic (exact) mass is 246 g/mol. The number of carbonyl (C=O) groups is 1. The van der Waals surface area contributed by atoms with Gasteiger partial charge < -0.3 is 4.74 Å². The molecule has 2 rings (SSSR count). The molecule has 18 heavy (non-hydrogen) atoms. The maximum absolute atomic E-state index is 12.0. The molecule has 0 atom stereocenters. The third kappa shape index (κ3) is 3.32. The Kier molecular flexibility index (Phi) is 3.97. The lowest BCUT2D eigenvalue weighted by molar-refractivity contribution is 0.0967. The van der Waals surface area contributed by atoms with E-state index in [1.165, 1.54) is 20.0 Å². The Morgan fingerprint density at radius 3 is 2.78 bits per heavy atom. The molecule has 0 aromatic heterocycles. The van der Waals surface area contributed by atoms with Crippen LogP contribution in [0.25, 0.3) is 0 Å². The van der Waals surface area contributed by atoms with E-state index in [0.717, 1.165) is 12.1 Å². The second-order valence-electron chi connectivity index (χ2n) is 4.56. The molecule has 0 spiro atoms. The van der Waals surface area contributed by atoms with Crippen LogP contribution in [0.15, 0.2) is 29.3 Å². The molecule has 0 heterocycles. The summed E-state index contributed by atoms with van der Waals surface area (Å²) in [4.78, 5) is 16.3. The Morgan fingerprint density at radius 1 is 1.44 bits per heavy atom. The van der Waals surface area contributed by atoms with Gasteiger partial charge in [0.1, 0.15) is 0 Å². The Hall–Kier alpha value is -1.84. The van der Waals surface area contributed by atoms with Crippen molar-refractivity contribution < 1.29 is 9.53 Å². The zero-order chi connectivity index (χ0) is 13.0. The Bertz CT molecular complexity index is 465. The van der Waals surface area contributed by atoms with Crippen molar-refractivity contribution in [2.24, 2.45) is 10.9 Å². The van der Waals surface area contributed by atoms with E-state index in [1.807, 2.05) is 25.1 Å². The third-order valence-corrected chi connectivity index (χ3v) is 2.99. The standard InChI is InChI=1S/C14H18N2O2/c1-10-5-3-4-6-12(10)13(17)16-14(18-2)15-9-11-7-8-11/h3-6,11H,7-9H2,1-2H3,(H,15,16,17). The van der Waals surface area contributed by atoms with Crippen molar-refractivity contribution in [1.29, 1.82) is 0 Å². The first-order valence-corrected chi connectivity index (χ1v) is 6.16. The number of rotatable bonds is 3. The number of methoxy groups -OCH3 is 1. The molecule has 0 aliphatic heterocycles. The molecule has 1 fully saturated rings. The van der Waals surface area contributed by atoms with Crippen LogP contribution in [0.4, 0.5) is 0 Å². The van der Waals surface area contributed by atoms with Gasteiger partial charge in [-0.3, -0.25) is 10.1 Å². The number of ether oxygens (including phenoxy) is 1. The molecule has 1 aromatic rings. The van der Waals surface area contributed by atoms with E-state index in [1.54, 1.807) is 6.07 Å².